The molecular weight excluding hydrogens is 324 g/mol. The molecule has 1 saturated heterocycles. The molecule has 0 atom stereocenters. The molecule has 134 valence electrons. The Kier molecular flexibility index (Phi) is 5.71. The van der Waals surface area contributed by atoms with Gasteiger partial charge in [-0.15, -0.1) is 0 Å². The Hall–Kier alpha value is -1.40. The van der Waals surface area contributed by atoms with Crippen molar-refractivity contribution >= 4 is 15.9 Å². The number of hydrogen-bond acceptors (Lipinski definition) is 3. The van der Waals surface area contributed by atoms with E-state index in [1.165, 1.54) is 4.31 Å². The molecule has 1 aliphatic rings. The van der Waals surface area contributed by atoms with E-state index in [1.807, 2.05) is 19.1 Å². The minimum absolute atomic E-state index is 0.00639. The zero-order valence-corrected chi connectivity index (χ0v) is 15.9. The summed E-state index contributed by atoms with van der Waals surface area (Å²) in [4.78, 5) is 14.0. The third kappa shape index (κ3) is 4.16. The van der Waals surface area contributed by atoms with Crippen LogP contribution in [-0.2, 0) is 20.2 Å². The first-order valence-electron chi connectivity index (χ1n) is 8.54. The molecule has 1 fully saturated rings. The van der Waals surface area contributed by atoms with Crippen LogP contribution in [0, 0.1) is 0 Å². The van der Waals surface area contributed by atoms with Crippen LogP contribution in [-0.4, -0.2) is 49.7 Å². The first kappa shape index (κ1) is 18.9. The Morgan fingerprint density at radius 2 is 1.58 bits per heavy atom. The Morgan fingerprint density at radius 1 is 1.04 bits per heavy atom. The molecule has 24 heavy (non-hydrogen) atoms. The van der Waals surface area contributed by atoms with Crippen molar-refractivity contribution in [3.63, 3.8) is 0 Å². The van der Waals surface area contributed by atoms with Gasteiger partial charge in [-0.3, -0.25) is 4.79 Å². The molecular formula is C18H28N2O3S. The van der Waals surface area contributed by atoms with Crippen LogP contribution in [0.15, 0.2) is 29.2 Å². The maximum atomic E-state index is 12.8. The van der Waals surface area contributed by atoms with Crippen molar-refractivity contribution in [2.45, 2.75) is 50.8 Å². The fraction of sp³-hybridized carbons (Fsp3) is 0.611. The number of amides is 1. The smallest absolute Gasteiger partial charge is 0.243 e. The lowest BCUT2D eigenvalue weighted by Gasteiger charge is -2.34. The summed E-state index contributed by atoms with van der Waals surface area (Å²) >= 11 is 0. The number of sulfonamides is 1. The second-order valence-corrected chi connectivity index (χ2v) is 9.25. The van der Waals surface area contributed by atoms with E-state index in [4.69, 9.17) is 0 Å². The third-order valence-electron chi connectivity index (χ3n) is 4.41. The van der Waals surface area contributed by atoms with Gasteiger partial charge in [-0.1, -0.05) is 39.8 Å². The van der Waals surface area contributed by atoms with Crippen LogP contribution in [0.4, 0.5) is 0 Å². The van der Waals surface area contributed by atoms with Gasteiger partial charge in [0.2, 0.25) is 15.9 Å². The zero-order chi connectivity index (χ0) is 18.0. The van der Waals surface area contributed by atoms with Crippen LogP contribution >= 0.6 is 0 Å². The van der Waals surface area contributed by atoms with Crippen LogP contribution in [0.1, 0.15) is 46.1 Å². The van der Waals surface area contributed by atoms with Crippen molar-refractivity contribution in [2.75, 3.05) is 26.2 Å². The molecule has 1 heterocycles. The van der Waals surface area contributed by atoms with Gasteiger partial charge in [-0.25, -0.2) is 8.42 Å². The highest BCUT2D eigenvalue weighted by Gasteiger charge is 2.30. The molecule has 1 aliphatic heterocycles. The lowest BCUT2D eigenvalue weighted by molar-refractivity contribution is -0.132. The van der Waals surface area contributed by atoms with Crippen LogP contribution < -0.4 is 0 Å². The van der Waals surface area contributed by atoms with Gasteiger partial charge in [-0.05, 0) is 29.5 Å². The highest BCUT2D eigenvalue weighted by atomic mass is 32.2. The molecule has 6 heteroatoms. The van der Waals surface area contributed by atoms with Crippen LogP contribution in [0.5, 0.6) is 0 Å². The average Bonchev–Trinajstić information content (AvgIpc) is 2.54. The Bertz CT molecular complexity index is 667. The van der Waals surface area contributed by atoms with Gasteiger partial charge in [0.1, 0.15) is 0 Å². The molecule has 0 spiro atoms. The van der Waals surface area contributed by atoms with Crippen molar-refractivity contribution in [3.05, 3.63) is 29.8 Å². The molecule has 0 bridgehead atoms. The van der Waals surface area contributed by atoms with E-state index in [2.05, 4.69) is 20.8 Å². The maximum Gasteiger partial charge on any atom is 0.243 e. The number of carbonyl (C=O) groups is 1. The molecule has 0 radical (unpaired) electrons. The van der Waals surface area contributed by atoms with Crippen molar-refractivity contribution in [1.82, 2.24) is 9.21 Å². The first-order chi connectivity index (χ1) is 11.2. The monoisotopic (exact) mass is 352 g/mol. The highest BCUT2D eigenvalue weighted by Crippen LogP contribution is 2.25. The molecule has 5 nitrogen and oxygen atoms in total. The van der Waals surface area contributed by atoms with Gasteiger partial charge in [0.15, 0.2) is 0 Å². The Morgan fingerprint density at radius 3 is 2.04 bits per heavy atom. The molecule has 1 amide bonds. The van der Waals surface area contributed by atoms with Crippen LogP contribution in [0.3, 0.4) is 0 Å². The Labute approximate surface area is 145 Å². The zero-order valence-electron chi connectivity index (χ0n) is 15.1. The summed E-state index contributed by atoms with van der Waals surface area (Å²) < 4.78 is 27.0. The average molecular weight is 353 g/mol. The van der Waals surface area contributed by atoms with Crippen molar-refractivity contribution < 1.29 is 13.2 Å². The Balaban J connectivity index is 2.08. The maximum absolute atomic E-state index is 12.8. The summed E-state index contributed by atoms with van der Waals surface area (Å²) in [6, 6.07) is 7.14. The highest BCUT2D eigenvalue weighted by molar-refractivity contribution is 7.89. The summed E-state index contributed by atoms with van der Waals surface area (Å²) in [6.45, 7) is 9.93. The minimum Gasteiger partial charge on any atom is -0.340 e. The summed E-state index contributed by atoms with van der Waals surface area (Å²) in [7, 11) is -3.49. The predicted molar refractivity (Wildman–Crippen MR) is 95.4 cm³/mol. The van der Waals surface area contributed by atoms with E-state index in [-0.39, 0.29) is 11.3 Å². The van der Waals surface area contributed by atoms with Gasteiger partial charge in [-0.2, -0.15) is 4.31 Å². The van der Waals surface area contributed by atoms with E-state index in [1.54, 1.807) is 17.0 Å². The molecule has 0 unspecified atom stereocenters. The number of rotatable bonds is 4. The van der Waals surface area contributed by atoms with E-state index >= 15 is 0 Å². The number of hydrogen-bond donors (Lipinski definition) is 0. The summed E-state index contributed by atoms with van der Waals surface area (Å²) in [5.41, 5.74) is 1.10. The van der Waals surface area contributed by atoms with Crippen LogP contribution in [0.2, 0.25) is 0 Å². The lowest BCUT2D eigenvalue weighted by Crippen LogP contribution is -2.50. The largest absolute Gasteiger partial charge is 0.340 e. The van der Waals surface area contributed by atoms with Crippen molar-refractivity contribution in [1.29, 1.82) is 0 Å². The van der Waals surface area contributed by atoms with Gasteiger partial charge in [0.05, 0.1) is 4.90 Å². The molecule has 0 saturated carbocycles. The van der Waals surface area contributed by atoms with E-state index in [9.17, 15) is 13.2 Å². The molecule has 2 rings (SSSR count). The van der Waals surface area contributed by atoms with Gasteiger partial charge in [0.25, 0.3) is 0 Å². The molecule has 0 N–H and O–H groups in total. The van der Waals surface area contributed by atoms with Gasteiger partial charge in [0, 0.05) is 32.6 Å². The predicted octanol–water partition coefficient (Wildman–Crippen LogP) is 2.62. The second kappa shape index (κ2) is 7.23. The van der Waals surface area contributed by atoms with Crippen LogP contribution in [0.25, 0.3) is 0 Å². The second-order valence-electron chi connectivity index (χ2n) is 7.31. The molecule has 0 aromatic heterocycles. The van der Waals surface area contributed by atoms with Crippen molar-refractivity contribution in [2.24, 2.45) is 0 Å². The van der Waals surface area contributed by atoms with E-state index in [0.717, 1.165) is 12.0 Å². The number of nitrogens with zero attached hydrogens (tertiary/aromatic N) is 2. The number of carbonyl (C=O) groups excluding carboxylic acids is 1. The van der Waals surface area contributed by atoms with E-state index in [0.29, 0.717) is 37.5 Å². The van der Waals surface area contributed by atoms with Gasteiger partial charge < -0.3 is 4.90 Å². The summed E-state index contributed by atoms with van der Waals surface area (Å²) in [5, 5.41) is 0. The standard InChI is InChI=1S/C18H28N2O3S/c1-5-6-17(21)19-11-13-20(14-12-19)24(22,23)16-9-7-15(8-10-16)18(2,3)4/h7-10H,5-6,11-14H2,1-4H3. The number of benzene rings is 1. The summed E-state index contributed by atoms with van der Waals surface area (Å²) in [5.74, 6) is 0.115. The molecule has 1 aromatic rings. The SMILES string of the molecule is CCCC(=O)N1CCN(S(=O)(=O)c2ccc(C(C)(C)C)cc2)CC1. The first-order valence-corrected chi connectivity index (χ1v) is 9.98. The minimum atomic E-state index is -3.49. The van der Waals surface area contributed by atoms with E-state index < -0.39 is 10.0 Å². The normalized spacial score (nSPS) is 17.1. The van der Waals surface area contributed by atoms with Crippen molar-refractivity contribution in [3.8, 4) is 0 Å². The van der Waals surface area contributed by atoms with Gasteiger partial charge >= 0.3 is 0 Å². The summed E-state index contributed by atoms with van der Waals surface area (Å²) in [6.07, 6.45) is 1.35. The fourth-order valence-corrected chi connectivity index (χ4v) is 4.25. The number of piperazine rings is 1. The quantitative estimate of drug-likeness (QED) is 0.837. The third-order valence-corrected chi connectivity index (χ3v) is 6.33. The fourth-order valence-electron chi connectivity index (χ4n) is 2.83. The lowest BCUT2D eigenvalue weighted by atomic mass is 9.87. The molecule has 0 aliphatic carbocycles. The molecule has 1 aromatic carbocycles. The topological polar surface area (TPSA) is 57.7 Å².